The number of fused-ring (bicyclic) bond motifs is 1. The maximum Gasteiger partial charge on any atom is 0.243 e. The summed E-state index contributed by atoms with van der Waals surface area (Å²) in [5.74, 6) is -0.414. The van der Waals surface area contributed by atoms with Crippen LogP contribution in [0, 0.1) is 0 Å². The molecule has 2 amide bonds. The first kappa shape index (κ1) is 18.0. The molecule has 0 bridgehead atoms. The number of thioether (sulfide) groups is 1. The summed E-state index contributed by atoms with van der Waals surface area (Å²) < 4.78 is 0. The van der Waals surface area contributed by atoms with Gasteiger partial charge in [-0.3, -0.25) is 9.59 Å². The van der Waals surface area contributed by atoms with Crippen LogP contribution in [0.5, 0.6) is 0 Å². The molecule has 5 heteroatoms. The molecule has 26 heavy (non-hydrogen) atoms. The zero-order valence-electron chi connectivity index (χ0n) is 14.5. The van der Waals surface area contributed by atoms with E-state index in [4.69, 9.17) is 0 Å². The Hall–Kier alpha value is -2.79. The third-order valence-electron chi connectivity index (χ3n) is 4.05. The number of anilines is 1. The molecule has 0 atom stereocenters. The second-order valence-electron chi connectivity index (χ2n) is 5.87. The van der Waals surface area contributed by atoms with E-state index in [1.165, 1.54) is 0 Å². The molecule has 0 fully saturated rings. The summed E-state index contributed by atoms with van der Waals surface area (Å²) in [6, 6.07) is 21.4. The number of hydrogen-bond acceptors (Lipinski definition) is 3. The van der Waals surface area contributed by atoms with Crippen molar-refractivity contribution >= 4 is 40.0 Å². The van der Waals surface area contributed by atoms with Gasteiger partial charge in [0.1, 0.15) is 0 Å². The molecule has 0 radical (unpaired) electrons. The fraction of sp³-hybridized carbons (Fsp3) is 0.143. The van der Waals surface area contributed by atoms with Crippen molar-refractivity contribution in [2.24, 2.45) is 0 Å². The van der Waals surface area contributed by atoms with Crippen molar-refractivity contribution in [1.82, 2.24) is 5.32 Å². The third-order valence-corrected chi connectivity index (χ3v) is 4.79. The maximum atomic E-state index is 12.2. The summed E-state index contributed by atoms with van der Waals surface area (Å²) in [6.07, 6.45) is 2.25. The second kappa shape index (κ2) is 8.54. The van der Waals surface area contributed by atoms with Crippen LogP contribution in [0.25, 0.3) is 10.8 Å². The minimum absolute atomic E-state index is 0.0477. The minimum Gasteiger partial charge on any atom is -0.347 e. The highest BCUT2D eigenvalue weighted by molar-refractivity contribution is 7.98. The summed E-state index contributed by atoms with van der Waals surface area (Å²) in [5, 5.41) is 7.62. The van der Waals surface area contributed by atoms with Gasteiger partial charge in [0.2, 0.25) is 11.8 Å². The molecular formula is C21H20N2O2S. The fourth-order valence-electron chi connectivity index (χ4n) is 2.74. The molecule has 3 rings (SSSR count). The van der Waals surface area contributed by atoms with Crippen LogP contribution < -0.4 is 10.6 Å². The average molecular weight is 364 g/mol. The van der Waals surface area contributed by atoms with Crippen molar-refractivity contribution in [3.63, 3.8) is 0 Å². The lowest BCUT2D eigenvalue weighted by atomic mass is 10.0. The lowest BCUT2D eigenvalue weighted by Gasteiger charge is -2.09. The molecule has 3 aromatic carbocycles. The Kier molecular flexibility index (Phi) is 5.92. The van der Waals surface area contributed by atoms with Gasteiger partial charge in [0.25, 0.3) is 0 Å². The number of carbonyl (C=O) groups is 2. The number of benzene rings is 3. The first-order chi connectivity index (χ1) is 12.7. The van der Waals surface area contributed by atoms with Crippen LogP contribution in [-0.4, -0.2) is 24.6 Å². The van der Waals surface area contributed by atoms with Crippen molar-refractivity contribution in [3.05, 3.63) is 72.3 Å². The zero-order valence-corrected chi connectivity index (χ0v) is 15.3. The maximum absolute atomic E-state index is 12.2. The van der Waals surface area contributed by atoms with Crippen molar-refractivity contribution in [1.29, 1.82) is 0 Å². The van der Waals surface area contributed by atoms with Crippen LogP contribution in [0.2, 0.25) is 0 Å². The van der Waals surface area contributed by atoms with E-state index in [1.54, 1.807) is 11.8 Å². The number of rotatable bonds is 6. The van der Waals surface area contributed by atoms with E-state index in [0.717, 1.165) is 26.9 Å². The molecule has 0 aliphatic carbocycles. The van der Waals surface area contributed by atoms with Gasteiger partial charge >= 0.3 is 0 Å². The summed E-state index contributed by atoms with van der Waals surface area (Å²) in [5.41, 5.74) is 1.67. The SMILES string of the molecule is CSc1ccc(NC(=O)CNC(=O)Cc2cccc3ccccc23)cc1. The molecule has 0 aromatic heterocycles. The van der Waals surface area contributed by atoms with Crippen molar-refractivity contribution in [2.75, 3.05) is 18.1 Å². The van der Waals surface area contributed by atoms with Crippen LogP contribution in [0.3, 0.4) is 0 Å². The Morgan fingerprint density at radius 3 is 2.38 bits per heavy atom. The van der Waals surface area contributed by atoms with Crippen LogP contribution in [-0.2, 0) is 16.0 Å². The van der Waals surface area contributed by atoms with E-state index in [9.17, 15) is 9.59 Å². The first-order valence-corrected chi connectivity index (χ1v) is 9.55. The molecule has 0 aliphatic rings. The lowest BCUT2D eigenvalue weighted by Crippen LogP contribution is -2.33. The van der Waals surface area contributed by atoms with Gasteiger partial charge in [-0.1, -0.05) is 42.5 Å². The Morgan fingerprint density at radius 2 is 1.62 bits per heavy atom. The summed E-state index contributed by atoms with van der Waals surface area (Å²) in [4.78, 5) is 25.3. The van der Waals surface area contributed by atoms with Crippen molar-refractivity contribution in [2.45, 2.75) is 11.3 Å². The molecule has 132 valence electrons. The molecule has 3 aromatic rings. The summed E-state index contributed by atoms with van der Waals surface area (Å²) >= 11 is 1.64. The van der Waals surface area contributed by atoms with E-state index in [-0.39, 0.29) is 24.8 Å². The predicted octanol–water partition coefficient (Wildman–Crippen LogP) is 3.86. The highest BCUT2D eigenvalue weighted by Gasteiger charge is 2.09. The number of nitrogens with one attached hydrogen (secondary N) is 2. The first-order valence-electron chi connectivity index (χ1n) is 8.33. The minimum atomic E-state index is -0.242. The number of amides is 2. The summed E-state index contributed by atoms with van der Waals surface area (Å²) in [6.45, 7) is -0.0477. The highest BCUT2D eigenvalue weighted by Crippen LogP contribution is 2.19. The normalized spacial score (nSPS) is 10.5. The van der Waals surface area contributed by atoms with Gasteiger partial charge in [0.15, 0.2) is 0 Å². The third kappa shape index (κ3) is 4.64. The molecule has 4 nitrogen and oxygen atoms in total. The average Bonchev–Trinajstić information content (AvgIpc) is 2.67. The number of hydrogen-bond donors (Lipinski definition) is 2. The van der Waals surface area contributed by atoms with Gasteiger partial charge < -0.3 is 10.6 Å². The molecule has 2 N–H and O–H groups in total. The lowest BCUT2D eigenvalue weighted by molar-refractivity contribution is -0.123. The Bertz CT molecular complexity index is 917. The van der Waals surface area contributed by atoms with Gasteiger partial charge in [0, 0.05) is 10.6 Å². The second-order valence-corrected chi connectivity index (χ2v) is 6.75. The van der Waals surface area contributed by atoms with Crippen LogP contribution in [0.4, 0.5) is 5.69 Å². The highest BCUT2D eigenvalue weighted by atomic mass is 32.2. The van der Waals surface area contributed by atoms with Gasteiger partial charge in [-0.15, -0.1) is 11.8 Å². The molecular weight excluding hydrogens is 344 g/mol. The van der Waals surface area contributed by atoms with Gasteiger partial charge in [0.05, 0.1) is 13.0 Å². The van der Waals surface area contributed by atoms with E-state index in [1.807, 2.05) is 73.0 Å². The fourth-order valence-corrected chi connectivity index (χ4v) is 3.15. The Labute approximate surface area is 157 Å². The molecule has 0 unspecified atom stereocenters. The smallest absolute Gasteiger partial charge is 0.243 e. The standard InChI is InChI=1S/C21H20N2O2S/c1-26-18-11-9-17(10-12-18)23-21(25)14-22-20(24)13-16-7-4-6-15-5-2-3-8-19(15)16/h2-12H,13-14H2,1H3,(H,22,24)(H,23,25). The predicted molar refractivity (Wildman–Crippen MR) is 108 cm³/mol. The molecule has 0 saturated carbocycles. The largest absolute Gasteiger partial charge is 0.347 e. The van der Waals surface area contributed by atoms with Crippen LogP contribution in [0.15, 0.2) is 71.6 Å². The van der Waals surface area contributed by atoms with Crippen molar-refractivity contribution in [3.8, 4) is 0 Å². The van der Waals surface area contributed by atoms with E-state index in [0.29, 0.717) is 0 Å². The quantitative estimate of drug-likeness (QED) is 0.653. The van der Waals surface area contributed by atoms with Gasteiger partial charge in [-0.05, 0) is 46.9 Å². The summed E-state index contributed by atoms with van der Waals surface area (Å²) in [7, 11) is 0. The molecule has 0 heterocycles. The van der Waals surface area contributed by atoms with E-state index >= 15 is 0 Å². The zero-order chi connectivity index (χ0) is 18.4. The molecule has 0 saturated heterocycles. The Balaban J connectivity index is 1.54. The Morgan fingerprint density at radius 1 is 0.885 bits per heavy atom. The van der Waals surface area contributed by atoms with E-state index < -0.39 is 0 Å². The topological polar surface area (TPSA) is 58.2 Å². The van der Waals surface area contributed by atoms with Crippen LogP contribution >= 0.6 is 11.8 Å². The monoisotopic (exact) mass is 364 g/mol. The van der Waals surface area contributed by atoms with Crippen molar-refractivity contribution < 1.29 is 9.59 Å². The molecule has 0 spiro atoms. The van der Waals surface area contributed by atoms with Crippen LogP contribution in [0.1, 0.15) is 5.56 Å². The number of carbonyl (C=O) groups excluding carboxylic acids is 2. The van der Waals surface area contributed by atoms with Gasteiger partial charge in [-0.2, -0.15) is 0 Å². The van der Waals surface area contributed by atoms with E-state index in [2.05, 4.69) is 10.6 Å². The van der Waals surface area contributed by atoms with Gasteiger partial charge in [-0.25, -0.2) is 0 Å². The molecule has 0 aliphatic heterocycles.